The molecular weight excluding hydrogens is 322 g/mol. The fraction of sp³-hybridized carbons (Fsp3) is 0.0588. The average Bonchev–Trinajstić information content (AvgIpc) is 3.20. The molecule has 2 aromatic heterocycles. The number of furan rings is 1. The zero-order valence-electron chi connectivity index (χ0n) is 13.2. The number of hydrogen-bond donors (Lipinski definition) is 1. The summed E-state index contributed by atoms with van der Waals surface area (Å²) in [6.07, 6.45) is 0. The lowest BCUT2D eigenvalue weighted by molar-refractivity contribution is 0.0998. The molecule has 0 unspecified atom stereocenters. The zero-order chi connectivity index (χ0) is 17.4. The summed E-state index contributed by atoms with van der Waals surface area (Å²) in [6, 6.07) is 15.8. The van der Waals surface area contributed by atoms with Gasteiger partial charge in [0.2, 0.25) is 0 Å². The maximum atomic E-state index is 12.3. The Labute approximate surface area is 141 Å². The normalized spacial score (nSPS) is 10.9. The summed E-state index contributed by atoms with van der Waals surface area (Å²) in [6.45, 7) is 0. The van der Waals surface area contributed by atoms with Crippen molar-refractivity contribution in [2.24, 2.45) is 7.05 Å². The molecule has 8 nitrogen and oxygen atoms in total. The van der Waals surface area contributed by atoms with E-state index in [0.717, 1.165) is 10.1 Å². The lowest BCUT2D eigenvalue weighted by Crippen LogP contribution is -2.21. The molecule has 1 amide bonds. The van der Waals surface area contributed by atoms with E-state index in [1.807, 2.05) is 18.2 Å². The van der Waals surface area contributed by atoms with E-state index in [4.69, 9.17) is 4.42 Å². The fourth-order valence-corrected chi connectivity index (χ4v) is 2.45. The Kier molecular flexibility index (Phi) is 3.42. The van der Waals surface area contributed by atoms with Gasteiger partial charge in [0.05, 0.1) is 5.69 Å². The van der Waals surface area contributed by atoms with Crippen molar-refractivity contribution in [1.82, 2.24) is 19.8 Å². The number of amides is 1. The van der Waals surface area contributed by atoms with E-state index in [2.05, 4.69) is 15.7 Å². The molecule has 0 bridgehead atoms. The van der Waals surface area contributed by atoms with Gasteiger partial charge in [-0.1, -0.05) is 18.2 Å². The summed E-state index contributed by atoms with van der Waals surface area (Å²) in [5.74, 6) is -0.115. The molecule has 0 spiro atoms. The van der Waals surface area contributed by atoms with Crippen LogP contribution in [0.25, 0.3) is 16.7 Å². The number of carbonyl (C=O) groups excluding carboxylic acids is 1. The van der Waals surface area contributed by atoms with Crippen LogP contribution in [0.1, 0.15) is 10.6 Å². The number of para-hydroxylation sites is 1. The second kappa shape index (κ2) is 5.75. The Hall–Kier alpha value is -3.68. The number of aromatic nitrogens is 4. The molecule has 0 atom stereocenters. The molecule has 0 aliphatic heterocycles. The zero-order valence-corrected chi connectivity index (χ0v) is 13.2. The van der Waals surface area contributed by atoms with Crippen LogP contribution in [0.15, 0.2) is 63.8 Å². The maximum Gasteiger partial charge on any atom is 0.368 e. The van der Waals surface area contributed by atoms with Crippen LogP contribution in [0, 0.1) is 0 Å². The molecule has 0 aliphatic rings. The fourth-order valence-electron chi connectivity index (χ4n) is 2.45. The van der Waals surface area contributed by atoms with Crippen molar-refractivity contribution in [2.45, 2.75) is 0 Å². The van der Waals surface area contributed by atoms with Crippen molar-refractivity contribution in [2.75, 3.05) is 5.32 Å². The van der Waals surface area contributed by atoms with Gasteiger partial charge in [-0.15, -0.1) is 0 Å². The molecule has 0 radical (unpaired) electrons. The van der Waals surface area contributed by atoms with Gasteiger partial charge in [0, 0.05) is 18.1 Å². The highest BCUT2D eigenvalue weighted by atomic mass is 16.3. The number of nitrogens with zero attached hydrogens (tertiary/aromatic N) is 4. The van der Waals surface area contributed by atoms with E-state index in [1.165, 1.54) is 11.7 Å². The second-order valence-corrected chi connectivity index (χ2v) is 5.45. The Morgan fingerprint density at radius 1 is 1.08 bits per heavy atom. The minimum absolute atomic E-state index is 0.232. The molecule has 25 heavy (non-hydrogen) atoms. The van der Waals surface area contributed by atoms with Crippen LogP contribution in [-0.2, 0) is 7.05 Å². The monoisotopic (exact) mass is 335 g/mol. The van der Waals surface area contributed by atoms with Crippen molar-refractivity contribution in [3.05, 3.63) is 70.8 Å². The average molecular weight is 335 g/mol. The summed E-state index contributed by atoms with van der Waals surface area (Å²) in [5.41, 5.74) is 1.44. The molecule has 0 saturated heterocycles. The van der Waals surface area contributed by atoms with Gasteiger partial charge in [-0.3, -0.25) is 4.79 Å². The van der Waals surface area contributed by atoms with Crippen molar-refractivity contribution in [3.8, 4) is 5.69 Å². The molecule has 8 heteroatoms. The van der Waals surface area contributed by atoms with Crippen LogP contribution >= 0.6 is 0 Å². The number of carbonyl (C=O) groups is 1. The van der Waals surface area contributed by atoms with Gasteiger partial charge < -0.3 is 9.73 Å². The molecule has 0 aliphatic carbocycles. The highest BCUT2D eigenvalue weighted by Crippen LogP contribution is 2.20. The minimum atomic E-state index is -0.348. The van der Waals surface area contributed by atoms with Crippen LogP contribution in [0.4, 0.5) is 5.69 Å². The third-order valence-electron chi connectivity index (χ3n) is 3.74. The SMILES string of the molecule is Cn1nnn(-c2ccc(NC(=O)c3cc4ccccc4o3)cc2)c1=O. The highest BCUT2D eigenvalue weighted by Gasteiger charge is 2.12. The number of aryl methyl sites for hydroxylation is 1. The van der Waals surface area contributed by atoms with Crippen molar-refractivity contribution in [3.63, 3.8) is 0 Å². The predicted molar refractivity (Wildman–Crippen MR) is 90.8 cm³/mol. The third kappa shape index (κ3) is 2.69. The van der Waals surface area contributed by atoms with Gasteiger partial charge in [0.15, 0.2) is 5.76 Å². The highest BCUT2D eigenvalue weighted by molar-refractivity contribution is 6.04. The lowest BCUT2D eigenvalue weighted by atomic mass is 10.2. The maximum absolute atomic E-state index is 12.3. The van der Waals surface area contributed by atoms with Crippen LogP contribution in [0.5, 0.6) is 0 Å². The quantitative estimate of drug-likeness (QED) is 0.617. The van der Waals surface area contributed by atoms with Gasteiger partial charge in [-0.05, 0) is 46.8 Å². The van der Waals surface area contributed by atoms with Crippen LogP contribution < -0.4 is 11.0 Å². The topological polar surface area (TPSA) is 95.0 Å². The molecular formula is C17H13N5O3. The first-order valence-corrected chi connectivity index (χ1v) is 7.51. The summed E-state index contributed by atoms with van der Waals surface area (Å²) >= 11 is 0. The van der Waals surface area contributed by atoms with E-state index in [1.54, 1.807) is 36.4 Å². The molecule has 0 fully saturated rings. The number of benzene rings is 2. The molecule has 1 N–H and O–H groups in total. The van der Waals surface area contributed by atoms with Gasteiger partial charge in [0.1, 0.15) is 5.58 Å². The molecule has 124 valence electrons. The number of anilines is 1. The van der Waals surface area contributed by atoms with Crippen LogP contribution in [0.3, 0.4) is 0 Å². The number of hydrogen-bond acceptors (Lipinski definition) is 5. The first kappa shape index (κ1) is 14.9. The van der Waals surface area contributed by atoms with Gasteiger partial charge >= 0.3 is 5.69 Å². The molecule has 0 saturated carbocycles. The van der Waals surface area contributed by atoms with Crippen molar-refractivity contribution >= 4 is 22.6 Å². The number of nitrogens with one attached hydrogen (secondary N) is 1. The number of fused-ring (bicyclic) bond motifs is 1. The third-order valence-corrected chi connectivity index (χ3v) is 3.74. The lowest BCUT2D eigenvalue weighted by Gasteiger charge is -2.04. The summed E-state index contributed by atoms with van der Waals surface area (Å²) in [4.78, 5) is 24.1. The first-order valence-electron chi connectivity index (χ1n) is 7.51. The Morgan fingerprint density at radius 2 is 1.84 bits per heavy atom. The van der Waals surface area contributed by atoms with Gasteiger partial charge in [0.25, 0.3) is 5.91 Å². The number of rotatable bonds is 3. The summed E-state index contributed by atoms with van der Waals surface area (Å²) in [7, 11) is 1.52. The standard InChI is InChI=1S/C17H13N5O3/c1-21-17(24)22(20-19-21)13-8-6-12(7-9-13)18-16(23)15-10-11-4-2-3-5-14(11)25-15/h2-10H,1H3,(H,18,23). The molecule has 2 aromatic carbocycles. The largest absolute Gasteiger partial charge is 0.451 e. The van der Waals surface area contributed by atoms with Crippen molar-refractivity contribution in [1.29, 1.82) is 0 Å². The van der Waals surface area contributed by atoms with Crippen LogP contribution in [0.2, 0.25) is 0 Å². The van der Waals surface area contributed by atoms with E-state index in [9.17, 15) is 9.59 Å². The van der Waals surface area contributed by atoms with E-state index < -0.39 is 0 Å². The smallest absolute Gasteiger partial charge is 0.368 e. The summed E-state index contributed by atoms with van der Waals surface area (Å²) < 4.78 is 7.84. The Morgan fingerprint density at radius 3 is 2.52 bits per heavy atom. The van der Waals surface area contributed by atoms with Gasteiger partial charge in [-0.2, -0.15) is 9.36 Å². The van der Waals surface area contributed by atoms with E-state index in [0.29, 0.717) is 17.0 Å². The Bertz CT molecular complexity index is 1090. The van der Waals surface area contributed by atoms with E-state index >= 15 is 0 Å². The van der Waals surface area contributed by atoms with Crippen LogP contribution in [-0.4, -0.2) is 25.7 Å². The predicted octanol–water partition coefficient (Wildman–Crippen LogP) is 1.96. The van der Waals surface area contributed by atoms with Crippen molar-refractivity contribution < 1.29 is 9.21 Å². The summed E-state index contributed by atoms with van der Waals surface area (Å²) in [5, 5.41) is 11.0. The molecule has 4 aromatic rings. The molecule has 4 rings (SSSR count). The molecule has 2 heterocycles. The number of tetrazole rings is 1. The second-order valence-electron chi connectivity index (χ2n) is 5.45. The van der Waals surface area contributed by atoms with Gasteiger partial charge in [-0.25, -0.2) is 4.79 Å². The van der Waals surface area contributed by atoms with E-state index in [-0.39, 0.29) is 17.4 Å². The minimum Gasteiger partial charge on any atom is -0.451 e. The first-order chi connectivity index (χ1) is 12.1. The Balaban J connectivity index is 1.55.